The third-order valence-electron chi connectivity index (χ3n) is 12.7. The minimum atomic E-state index is 0. The number of nitrogens with two attached hydrogens (primary N) is 4. The summed E-state index contributed by atoms with van der Waals surface area (Å²) in [6.07, 6.45) is 35.5. The third-order valence-corrected chi connectivity index (χ3v) is 13.2. The number of anilines is 4. The summed E-state index contributed by atoms with van der Waals surface area (Å²) >= 11 is 6.48. The summed E-state index contributed by atoms with van der Waals surface area (Å²) in [5.74, 6) is 1.30. The van der Waals surface area contributed by atoms with Gasteiger partial charge in [0, 0.05) is 52.6 Å². The number of hydrogen-bond donors (Lipinski definition) is 5. The molecule has 0 heterocycles. The van der Waals surface area contributed by atoms with E-state index in [0.717, 1.165) is 100 Å². The Morgan fingerprint density at radius 2 is 0.809 bits per heavy atom. The predicted octanol–water partition coefficient (Wildman–Crippen LogP) is 21.5. The van der Waals surface area contributed by atoms with Gasteiger partial charge in [-0.1, -0.05) is 223 Å². The first-order chi connectivity index (χ1) is 43.0. The molecule has 89 heavy (non-hydrogen) atoms. The van der Waals surface area contributed by atoms with Gasteiger partial charge in [0.25, 0.3) is 0 Å². The molecule has 7 rings (SSSR count). The number of hydrogen-bond acceptors (Lipinski definition) is 13. The second kappa shape index (κ2) is 66.8. The zero-order chi connectivity index (χ0) is 67.6. The summed E-state index contributed by atoms with van der Waals surface area (Å²) in [5.41, 5.74) is 30.7. The Morgan fingerprint density at radius 3 is 1.09 bits per heavy atom. The number of ketones is 2. The van der Waals surface area contributed by atoms with Crippen LogP contribution < -0.4 is 22.9 Å². The molecule has 0 bridgehead atoms. The Labute approximate surface area is 555 Å². The van der Waals surface area contributed by atoms with Crippen molar-refractivity contribution in [3.8, 4) is 24.3 Å². The van der Waals surface area contributed by atoms with Crippen LogP contribution in [-0.2, 0) is 14.3 Å². The maximum atomic E-state index is 11.2. The topological polar surface area (TPSA) is 255 Å². The predicted molar refractivity (Wildman–Crippen MR) is 389 cm³/mol. The fraction of sp³-hybridized carbons (Fsp3) is 0.486. The van der Waals surface area contributed by atoms with Crippen LogP contribution in [-0.4, -0.2) is 25.8 Å². The van der Waals surface area contributed by atoms with Crippen LogP contribution in [0.25, 0.3) is 11.1 Å². The molecule has 0 aliphatic heterocycles. The molecule has 0 saturated carbocycles. The molecule has 3 aliphatic carbocycles. The number of para-hydroxylation sites is 1. The number of carbonyl (C=O) groups excluding carboxylic acids is 2. The van der Waals surface area contributed by atoms with Crippen LogP contribution in [0.5, 0.6) is 0 Å². The van der Waals surface area contributed by atoms with Crippen molar-refractivity contribution in [3.05, 3.63) is 154 Å². The van der Waals surface area contributed by atoms with Crippen molar-refractivity contribution >= 4 is 81.8 Å². The second-order valence-electron chi connectivity index (χ2n) is 20.6. The molecule has 0 saturated heterocycles. The van der Waals surface area contributed by atoms with Gasteiger partial charge in [0.05, 0.1) is 24.5 Å². The zero-order valence-electron chi connectivity index (χ0n) is 55.8. The number of ether oxygens (including phenoxy) is 1. The molecular formula is C74H110BBrN9O3S. The van der Waals surface area contributed by atoms with E-state index in [0.29, 0.717) is 19.4 Å². The average Bonchev–Trinajstić information content (AvgIpc) is 3.28. The molecule has 0 atom stereocenters. The molecule has 0 amide bonds. The number of benzene rings is 4. The molecule has 12 nitrogen and oxygen atoms in total. The molecule has 4 aromatic carbocycles. The SMILES string of the molecule is CCCCCC.CCCCCC.CCCCCC.CCCCCC.CCOC1=CC(=O)CCC1.N#CC(C#N)=C1C=C(c2ccc(N)cc2)CCC1.N#CCC#N.Nc1ccc(Br)cc1.Nc1ccc(C2=CC(=O)CCC2)cc1.Nc1ccccc1.[B]=NS. The number of allylic oxidation sites excluding steroid dienone is 8. The van der Waals surface area contributed by atoms with Gasteiger partial charge in [-0.05, 0) is 140 Å². The number of nitrogen functional groups attached to an aromatic ring is 4. The Bertz CT molecular complexity index is 2590. The van der Waals surface area contributed by atoms with Crippen LogP contribution in [0.4, 0.5) is 22.7 Å². The van der Waals surface area contributed by atoms with Gasteiger partial charge in [-0.15, -0.1) is 0 Å². The van der Waals surface area contributed by atoms with E-state index in [-0.39, 0.29) is 23.6 Å². The minimum absolute atomic E-state index is 0. The van der Waals surface area contributed by atoms with Crippen LogP contribution in [0, 0.1) is 45.3 Å². The summed E-state index contributed by atoms with van der Waals surface area (Å²) in [6.45, 7) is 20.5. The zero-order valence-corrected chi connectivity index (χ0v) is 58.3. The number of nitrogens with zero attached hydrogens (tertiary/aromatic N) is 5. The van der Waals surface area contributed by atoms with Crippen molar-refractivity contribution in [2.24, 2.45) is 4.30 Å². The monoisotopic (exact) mass is 1290 g/mol. The maximum absolute atomic E-state index is 11.2. The molecule has 0 fully saturated rings. The van der Waals surface area contributed by atoms with E-state index in [1.807, 2.05) is 128 Å². The number of nitriles is 4. The number of rotatable bonds is 16. The van der Waals surface area contributed by atoms with Crippen molar-refractivity contribution < 1.29 is 14.3 Å². The summed E-state index contributed by atoms with van der Waals surface area (Å²) in [7, 11) is 4.34. The van der Waals surface area contributed by atoms with Crippen molar-refractivity contribution in [1.29, 1.82) is 21.0 Å². The van der Waals surface area contributed by atoms with Gasteiger partial charge in [-0.3, -0.25) is 9.59 Å². The first-order valence-corrected chi connectivity index (χ1v) is 33.3. The third kappa shape index (κ3) is 57.1. The number of halogens is 1. The molecule has 3 aliphatic rings. The average molecular weight is 1300 g/mol. The van der Waals surface area contributed by atoms with Crippen LogP contribution in [0.15, 0.2) is 147 Å². The van der Waals surface area contributed by atoms with E-state index in [4.69, 9.17) is 48.7 Å². The van der Waals surface area contributed by atoms with Crippen molar-refractivity contribution in [2.75, 3.05) is 29.5 Å². The Kier molecular flexibility index (Phi) is 66.2. The molecule has 15 heteroatoms. The molecular weight excluding hydrogens is 1190 g/mol. The second-order valence-corrected chi connectivity index (χ2v) is 21.8. The van der Waals surface area contributed by atoms with Gasteiger partial charge in [0.2, 0.25) is 0 Å². The number of unbranched alkanes of at least 4 members (excludes halogenated alkanes) is 12. The normalized spacial score (nSPS) is 11.9. The van der Waals surface area contributed by atoms with Crippen molar-refractivity contribution in [3.63, 3.8) is 0 Å². The van der Waals surface area contributed by atoms with Gasteiger partial charge in [-0.2, -0.15) is 21.0 Å². The summed E-state index contributed by atoms with van der Waals surface area (Å²) in [5, 5.41) is 33.0. The van der Waals surface area contributed by atoms with Gasteiger partial charge in [0.1, 0.15) is 24.1 Å². The van der Waals surface area contributed by atoms with Crippen LogP contribution in [0.1, 0.15) is 240 Å². The molecule has 1 radical (unpaired) electrons. The quantitative estimate of drug-likeness (QED) is 0.0232. The van der Waals surface area contributed by atoms with E-state index >= 15 is 0 Å². The molecule has 485 valence electrons. The van der Waals surface area contributed by atoms with E-state index in [2.05, 4.69) is 96.1 Å². The van der Waals surface area contributed by atoms with E-state index < -0.39 is 0 Å². The van der Waals surface area contributed by atoms with Gasteiger partial charge in [-0.25, -0.2) is 0 Å². The first-order valence-electron chi connectivity index (χ1n) is 32.1. The molecule has 8 N–H and O–H groups in total. The van der Waals surface area contributed by atoms with Gasteiger partial charge >= 0.3 is 24.8 Å². The Balaban J connectivity index is -0.000000463. The number of carbonyl (C=O) groups is 2. The Morgan fingerprint density at radius 1 is 0.483 bits per heavy atom. The summed E-state index contributed by atoms with van der Waals surface area (Å²) < 4.78 is 8.95. The van der Waals surface area contributed by atoms with Crippen molar-refractivity contribution in [1.82, 2.24) is 0 Å². The first kappa shape index (κ1) is 88.3. The molecule has 0 unspecified atom stereocenters. The molecule has 0 spiro atoms. The number of thiol groups is 1. The van der Waals surface area contributed by atoms with E-state index in [9.17, 15) is 9.59 Å². The van der Waals surface area contributed by atoms with Gasteiger partial charge < -0.3 is 27.7 Å². The van der Waals surface area contributed by atoms with E-state index in [1.165, 1.54) is 108 Å². The van der Waals surface area contributed by atoms with Crippen LogP contribution >= 0.6 is 28.7 Å². The van der Waals surface area contributed by atoms with Gasteiger partial charge in [0.15, 0.2) is 11.6 Å². The summed E-state index contributed by atoms with van der Waals surface area (Å²) in [4.78, 5) is 22.0. The fourth-order valence-corrected chi connectivity index (χ4v) is 8.11. The standard InChI is InChI=1S/C15H13N3.C12H13NO.C8H12O2.C6H6BrN.C6H7N.4C6H14.C3H2N2.BHNS/c16-9-14(10-17)13-3-1-2-12(8-13)11-4-6-15(18)7-5-11;13-11-6-4-9(5-7-11)10-2-1-3-12(14)8-10;1-2-10-8-5-3-4-7(9)6-8;7-5-1-3-6(8)4-2-5;7-6-4-2-1-3-5-6;4*1-3-5-6-4-2;4-2-1-3-5;1-2-3/h4-8H,1-3,18H2;4-8H,1-3,13H2;6H,2-5H2,1H3;1-4H,8H2;1-5H,7H2;4*3-6H2,1-2H3;1H2;3H. The van der Waals surface area contributed by atoms with Crippen molar-refractivity contribution in [2.45, 2.75) is 229 Å². The van der Waals surface area contributed by atoms with Crippen LogP contribution in [0.2, 0.25) is 0 Å². The van der Waals surface area contributed by atoms with E-state index in [1.54, 1.807) is 24.3 Å². The van der Waals surface area contributed by atoms with Crippen LogP contribution in [0.3, 0.4) is 0 Å². The Hall–Kier alpha value is -7.17. The summed E-state index contributed by atoms with van der Waals surface area (Å²) in [6, 6.07) is 39.6. The fourth-order valence-electron chi connectivity index (χ4n) is 7.84. The molecule has 4 aromatic rings. The molecule has 0 aromatic heterocycles.